The van der Waals surface area contributed by atoms with E-state index in [9.17, 15) is 4.79 Å². The summed E-state index contributed by atoms with van der Waals surface area (Å²) in [6, 6.07) is 9.60. The highest BCUT2D eigenvalue weighted by molar-refractivity contribution is 7.08. The zero-order chi connectivity index (χ0) is 17.6. The molecule has 6 heteroatoms. The number of aromatic nitrogens is 2. The molecule has 0 aliphatic heterocycles. The van der Waals surface area contributed by atoms with Gasteiger partial charge in [-0.05, 0) is 35.1 Å². The Balaban J connectivity index is 1.61. The summed E-state index contributed by atoms with van der Waals surface area (Å²) in [6.07, 6.45) is 3.29. The van der Waals surface area contributed by atoms with Gasteiger partial charge in [-0.3, -0.25) is 9.97 Å². The number of benzene rings is 1. The lowest BCUT2D eigenvalue weighted by atomic mass is 10.0. The average Bonchev–Trinajstić information content (AvgIpc) is 3.15. The molecule has 0 unspecified atom stereocenters. The van der Waals surface area contributed by atoms with Crippen LogP contribution in [0.2, 0.25) is 0 Å². The summed E-state index contributed by atoms with van der Waals surface area (Å²) in [5.74, 6) is 0.468. The van der Waals surface area contributed by atoms with Crippen LogP contribution < -0.4 is 10.6 Å². The number of amides is 2. The Kier molecular flexibility index (Phi) is 5.40. The minimum Gasteiger partial charge on any atom is -0.332 e. The largest absolute Gasteiger partial charge is 0.332 e. The van der Waals surface area contributed by atoms with E-state index >= 15 is 0 Å². The average molecular weight is 352 g/mol. The summed E-state index contributed by atoms with van der Waals surface area (Å²) in [5.41, 5.74) is 4.56. The SMILES string of the molecule is CC(C)c1ccc(NC(=O)NCc2nccnc2-c2ccsc2)cc1. The zero-order valence-electron chi connectivity index (χ0n) is 14.2. The Labute approximate surface area is 151 Å². The number of nitrogens with zero attached hydrogens (tertiary/aromatic N) is 2. The monoisotopic (exact) mass is 352 g/mol. The van der Waals surface area contributed by atoms with Crippen molar-refractivity contribution in [2.75, 3.05) is 5.32 Å². The quantitative estimate of drug-likeness (QED) is 0.702. The number of hydrogen-bond acceptors (Lipinski definition) is 4. The highest BCUT2D eigenvalue weighted by Crippen LogP contribution is 2.22. The minimum atomic E-state index is -0.265. The second-order valence-corrected chi connectivity index (χ2v) is 6.73. The highest BCUT2D eigenvalue weighted by Gasteiger charge is 2.10. The van der Waals surface area contributed by atoms with Gasteiger partial charge in [-0.15, -0.1) is 0 Å². The number of nitrogens with one attached hydrogen (secondary N) is 2. The maximum Gasteiger partial charge on any atom is 0.319 e. The van der Waals surface area contributed by atoms with E-state index in [-0.39, 0.29) is 6.03 Å². The number of thiophene rings is 1. The summed E-state index contributed by atoms with van der Waals surface area (Å²) >= 11 is 1.60. The van der Waals surface area contributed by atoms with Gasteiger partial charge in [-0.1, -0.05) is 26.0 Å². The molecule has 0 aliphatic carbocycles. The first-order valence-corrected chi connectivity index (χ1v) is 9.05. The van der Waals surface area contributed by atoms with Crippen molar-refractivity contribution in [3.8, 4) is 11.3 Å². The molecule has 0 atom stereocenters. The molecular formula is C19H20N4OS. The topological polar surface area (TPSA) is 66.9 Å². The van der Waals surface area contributed by atoms with Gasteiger partial charge in [0.15, 0.2) is 0 Å². The standard InChI is InChI=1S/C19H20N4OS/c1-13(2)14-3-5-16(6-4-14)23-19(24)22-11-17-18(21-9-8-20-17)15-7-10-25-12-15/h3-10,12-13H,11H2,1-2H3,(H2,22,23,24). The number of anilines is 1. The van der Waals surface area contributed by atoms with E-state index in [1.54, 1.807) is 23.7 Å². The third-order valence-electron chi connectivity index (χ3n) is 3.82. The van der Waals surface area contributed by atoms with E-state index in [2.05, 4.69) is 34.4 Å². The predicted octanol–water partition coefficient (Wildman–Crippen LogP) is 4.65. The number of carbonyl (C=O) groups excluding carboxylic acids is 1. The third-order valence-corrected chi connectivity index (χ3v) is 4.50. The van der Waals surface area contributed by atoms with Crippen molar-refractivity contribution in [3.63, 3.8) is 0 Å². The van der Waals surface area contributed by atoms with E-state index in [1.165, 1.54) is 5.56 Å². The van der Waals surface area contributed by atoms with Crippen LogP contribution in [0.15, 0.2) is 53.5 Å². The number of rotatable bonds is 5. The molecular weight excluding hydrogens is 332 g/mol. The molecule has 0 saturated heterocycles. The molecule has 25 heavy (non-hydrogen) atoms. The highest BCUT2D eigenvalue weighted by atomic mass is 32.1. The molecule has 0 bridgehead atoms. The van der Waals surface area contributed by atoms with Crippen molar-refractivity contribution in [2.45, 2.75) is 26.3 Å². The fourth-order valence-electron chi connectivity index (χ4n) is 2.43. The molecule has 128 valence electrons. The van der Waals surface area contributed by atoms with Crippen molar-refractivity contribution in [2.24, 2.45) is 0 Å². The maximum atomic E-state index is 12.1. The van der Waals surface area contributed by atoms with Gasteiger partial charge in [0.1, 0.15) is 0 Å². The molecule has 2 amide bonds. The van der Waals surface area contributed by atoms with Crippen LogP contribution >= 0.6 is 11.3 Å². The van der Waals surface area contributed by atoms with E-state index in [4.69, 9.17) is 0 Å². The molecule has 0 fully saturated rings. The Morgan fingerprint density at radius 3 is 2.56 bits per heavy atom. The molecule has 2 aromatic heterocycles. The second-order valence-electron chi connectivity index (χ2n) is 5.95. The number of carbonyl (C=O) groups is 1. The molecule has 0 saturated carbocycles. The van der Waals surface area contributed by atoms with Gasteiger partial charge < -0.3 is 10.6 Å². The number of hydrogen-bond donors (Lipinski definition) is 2. The second kappa shape index (κ2) is 7.90. The normalized spacial score (nSPS) is 10.7. The van der Waals surface area contributed by atoms with Crippen LogP contribution in [0, 0.1) is 0 Å². The van der Waals surface area contributed by atoms with E-state index in [0.717, 1.165) is 22.6 Å². The fraction of sp³-hybridized carbons (Fsp3) is 0.211. The molecule has 5 nitrogen and oxygen atoms in total. The summed E-state index contributed by atoms with van der Waals surface area (Å²) in [7, 11) is 0. The summed E-state index contributed by atoms with van der Waals surface area (Å²) in [5, 5.41) is 9.69. The van der Waals surface area contributed by atoms with E-state index in [1.807, 2.05) is 41.1 Å². The zero-order valence-corrected chi connectivity index (χ0v) is 15.0. The summed E-state index contributed by atoms with van der Waals surface area (Å²) in [4.78, 5) is 20.9. The first kappa shape index (κ1) is 17.1. The Morgan fingerprint density at radius 1 is 1.12 bits per heavy atom. The lowest BCUT2D eigenvalue weighted by Gasteiger charge is -2.10. The van der Waals surface area contributed by atoms with Crippen molar-refractivity contribution < 1.29 is 4.79 Å². The first-order chi connectivity index (χ1) is 12.1. The molecule has 0 aliphatic rings. The summed E-state index contributed by atoms with van der Waals surface area (Å²) < 4.78 is 0. The summed E-state index contributed by atoms with van der Waals surface area (Å²) in [6.45, 7) is 4.59. The van der Waals surface area contributed by atoms with Crippen molar-refractivity contribution in [1.82, 2.24) is 15.3 Å². The molecule has 1 aromatic carbocycles. The van der Waals surface area contributed by atoms with Gasteiger partial charge in [0.05, 0.1) is 17.9 Å². The van der Waals surface area contributed by atoms with Gasteiger partial charge in [0.2, 0.25) is 0 Å². The van der Waals surface area contributed by atoms with Gasteiger partial charge in [-0.25, -0.2) is 4.79 Å². The molecule has 3 rings (SSSR count). The van der Waals surface area contributed by atoms with E-state index < -0.39 is 0 Å². The molecule has 3 aromatic rings. The van der Waals surface area contributed by atoms with Crippen LogP contribution in [0.1, 0.15) is 31.0 Å². The Hall–Kier alpha value is -2.73. The Bertz CT molecular complexity index is 829. The van der Waals surface area contributed by atoms with Crippen LogP contribution in [0.5, 0.6) is 0 Å². The molecule has 0 radical (unpaired) electrons. The van der Waals surface area contributed by atoms with Crippen LogP contribution in [0.3, 0.4) is 0 Å². The van der Waals surface area contributed by atoms with Crippen LogP contribution in [-0.4, -0.2) is 16.0 Å². The fourth-order valence-corrected chi connectivity index (χ4v) is 3.07. The number of urea groups is 1. The molecule has 0 spiro atoms. The predicted molar refractivity (Wildman–Crippen MR) is 102 cm³/mol. The third kappa shape index (κ3) is 4.42. The van der Waals surface area contributed by atoms with Crippen molar-refractivity contribution in [1.29, 1.82) is 0 Å². The smallest absolute Gasteiger partial charge is 0.319 e. The van der Waals surface area contributed by atoms with Gasteiger partial charge in [0.25, 0.3) is 0 Å². The lowest BCUT2D eigenvalue weighted by molar-refractivity contribution is 0.251. The van der Waals surface area contributed by atoms with Crippen molar-refractivity contribution >= 4 is 23.1 Å². The maximum absolute atomic E-state index is 12.1. The van der Waals surface area contributed by atoms with Crippen LogP contribution in [0.4, 0.5) is 10.5 Å². The van der Waals surface area contributed by atoms with Gasteiger partial charge >= 0.3 is 6.03 Å². The van der Waals surface area contributed by atoms with Gasteiger partial charge in [-0.2, -0.15) is 11.3 Å². The van der Waals surface area contributed by atoms with Crippen molar-refractivity contribution in [3.05, 3.63) is 64.7 Å². The van der Waals surface area contributed by atoms with Gasteiger partial charge in [0, 0.05) is 29.0 Å². The molecule has 2 heterocycles. The van der Waals surface area contributed by atoms with Crippen LogP contribution in [0.25, 0.3) is 11.3 Å². The first-order valence-electron chi connectivity index (χ1n) is 8.11. The van der Waals surface area contributed by atoms with E-state index in [0.29, 0.717) is 12.5 Å². The Morgan fingerprint density at radius 2 is 1.88 bits per heavy atom. The lowest BCUT2D eigenvalue weighted by Crippen LogP contribution is -2.28. The van der Waals surface area contributed by atoms with Crippen LogP contribution in [-0.2, 0) is 6.54 Å². The minimum absolute atomic E-state index is 0.265. The molecule has 2 N–H and O–H groups in total.